The van der Waals surface area contributed by atoms with Gasteiger partial charge in [-0.2, -0.15) is 0 Å². The van der Waals surface area contributed by atoms with Crippen LogP contribution in [0.15, 0.2) is 18.2 Å². The van der Waals surface area contributed by atoms with Gasteiger partial charge in [-0.25, -0.2) is 0 Å². The maximum absolute atomic E-state index is 12.7. The lowest BCUT2D eigenvalue weighted by molar-refractivity contribution is -0.141. The molecule has 1 fully saturated rings. The average molecular weight is 332 g/mol. The van der Waals surface area contributed by atoms with Crippen molar-refractivity contribution in [3.8, 4) is 11.5 Å². The second-order valence-corrected chi connectivity index (χ2v) is 6.80. The number of carbonyl (C=O) groups excluding carboxylic acids is 2. The lowest BCUT2D eigenvalue weighted by Crippen LogP contribution is -2.57. The van der Waals surface area contributed by atoms with E-state index in [1.807, 2.05) is 0 Å². The Bertz CT molecular complexity index is 652. The number of Topliss-reactive ketones (excluding diaryl/α,β-unsaturated/α-hetero) is 1. The molecule has 3 rings (SSSR count). The van der Waals surface area contributed by atoms with Crippen LogP contribution in [0.4, 0.5) is 0 Å². The Morgan fingerprint density at radius 3 is 2.50 bits per heavy atom. The van der Waals surface area contributed by atoms with Crippen LogP contribution in [0.25, 0.3) is 0 Å². The molecule has 2 aliphatic rings. The first-order valence-corrected chi connectivity index (χ1v) is 8.33. The predicted molar refractivity (Wildman–Crippen MR) is 89.3 cm³/mol. The number of benzene rings is 1. The molecule has 1 unspecified atom stereocenters. The molecule has 0 radical (unpaired) electrons. The molecule has 1 atom stereocenters. The maximum Gasteiger partial charge on any atom is 0.231 e. The van der Waals surface area contributed by atoms with E-state index in [4.69, 9.17) is 9.47 Å². The fourth-order valence-corrected chi connectivity index (χ4v) is 3.04. The number of carbonyl (C=O) groups is 2. The highest BCUT2D eigenvalue weighted by atomic mass is 16.7. The fraction of sp³-hybridized carbons (Fsp3) is 0.556. The van der Waals surface area contributed by atoms with Crippen molar-refractivity contribution in [1.29, 1.82) is 0 Å². The molecule has 2 aliphatic heterocycles. The van der Waals surface area contributed by atoms with Gasteiger partial charge in [0.1, 0.15) is 0 Å². The van der Waals surface area contributed by atoms with Crippen molar-refractivity contribution in [3.63, 3.8) is 0 Å². The molecule has 1 aromatic rings. The largest absolute Gasteiger partial charge is 0.454 e. The molecule has 0 aliphatic carbocycles. The second kappa shape index (κ2) is 6.43. The van der Waals surface area contributed by atoms with Crippen LogP contribution in [0.1, 0.15) is 31.1 Å². The van der Waals surface area contributed by atoms with Gasteiger partial charge < -0.3 is 14.4 Å². The van der Waals surface area contributed by atoms with Gasteiger partial charge in [0.05, 0.1) is 12.0 Å². The van der Waals surface area contributed by atoms with Gasteiger partial charge in [-0.15, -0.1) is 0 Å². The molecule has 1 saturated heterocycles. The van der Waals surface area contributed by atoms with E-state index in [2.05, 4.69) is 18.7 Å². The summed E-state index contributed by atoms with van der Waals surface area (Å²) in [6, 6.07) is 5.08. The summed E-state index contributed by atoms with van der Waals surface area (Å²) in [5.74, 6) is 1.16. The third-order valence-corrected chi connectivity index (χ3v) is 4.95. The number of likely N-dealkylation sites (tertiary alicyclic amines) is 1. The molecular weight excluding hydrogens is 308 g/mol. The highest BCUT2D eigenvalue weighted by molar-refractivity contribution is 6.02. The quantitative estimate of drug-likeness (QED) is 0.770. The summed E-state index contributed by atoms with van der Waals surface area (Å²) in [6.45, 7) is 7.72. The predicted octanol–water partition coefficient (Wildman–Crippen LogP) is 1.79. The summed E-state index contributed by atoms with van der Waals surface area (Å²) in [6.07, 6.45) is 0. The number of hydrogen-bond acceptors (Lipinski definition) is 5. The van der Waals surface area contributed by atoms with Crippen LogP contribution in [-0.4, -0.2) is 60.5 Å². The number of ether oxygens (including phenoxy) is 2. The van der Waals surface area contributed by atoms with Gasteiger partial charge in [0.2, 0.25) is 12.7 Å². The highest BCUT2D eigenvalue weighted by Gasteiger charge is 2.37. The van der Waals surface area contributed by atoms with E-state index < -0.39 is 6.04 Å². The SMILES string of the molecule is CC(C)N1CC(C(=O)N(C)C(C)C(=O)c2ccc3c(c2)OCO3)C1. The third kappa shape index (κ3) is 2.98. The minimum absolute atomic E-state index is 0.00981. The monoisotopic (exact) mass is 332 g/mol. The molecule has 1 amide bonds. The summed E-state index contributed by atoms with van der Waals surface area (Å²) < 4.78 is 10.6. The standard InChI is InChI=1S/C18H24N2O4/c1-11(2)20-8-14(9-20)18(22)19(4)12(3)17(21)13-5-6-15-16(7-13)24-10-23-15/h5-7,11-12,14H,8-10H2,1-4H3. The first-order chi connectivity index (χ1) is 11.4. The molecule has 0 saturated carbocycles. The molecule has 0 N–H and O–H groups in total. The lowest BCUT2D eigenvalue weighted by Gasteiger charge is -2.43. The van der Waals surface area contributed by atoms with Crippen molar-refractivity contribution in [2.45, 2.75) is 32.9 Å². The Hall–Kier alpha value is -2.08. The van der Waals surface area contributed by atoms with E-state index in [1.165, 1.54) is 0 Å². The zero-order valence-electron chi connectivity index (χ0n) is 14.6. The topological polar surface area (TPSA) is 59.1 Å². The van der Waals surface area contributed by atoms with Crippen LogP contribution in [0.3, 0.4) is 0 Å². The van der Waals surface area contributed by atoms with E-state index in [9.17, 15) is 9.59 Å². The Balaban J connectivity index is 1.64. The number of rotatable bonds is 5. The van der Waals surface area contributed by atoms with Crippen LogP contribution in [0.5, 0.6) is 11.5 Å². The normalized spacial score (nSPS) is 18.4. The van der Waals surface area contributed by atoms with Gasteiger partial charge in [0.15, 0.2) is 17.3 Å². The summed E-state index contributed by atoms with van der Waals surface area (Å²) in [4.78, 5) is 29.1. The zero-order chi connectivity index (χ0) is 17.4. The van der Waals surface area contributed by atoms with Gasteiger partial charge in [0, 0.05) is 31.7 Å². The Morgan fingerprint density at radius 2 is 1.83 bits per heavy atom. The Kier molecular flexibility index (Phi) is 4.49. The van der Waals surface area contributed by atoms with E-state index in [0.29, 0.717) is 23.1 Å². The van der Waals surface area contributed by atoms with E-state index in [-0.39, 0.29) is 24.4 Å². The highest BCUT2D eigenvalue weighted by Crippen LogP contribution is 2.33. The molecule has 0 bridgehead atoms. The van der Waals surface area contributed by atoms with E-state index in [1.54, 1.807) is 37.1 Å². The Morgan fingerprint density at radius 1 is 1.17 bits per heavy atom. The minimum atomic E-state index is -0.508. The molecule has 24 heavy (non-hydrogen) atoms. The molecule has 0 aromatic heterocycles. The summed E-state index contributed by atoms with van der Waals surface area (Å²) in [5.41, 5.74) is 0.531. The van der Waals surface area contributed by atoms with E-state index in [0.717, 1.165) is 13.1 Å². The second-order valence-electron chi connectivity index (χ2n) is 6.80. The molecule has 0 spiro atoms. The van der Waals surface area contributed by atoms with Crippen molar-refractivity contribution < 1.29 is 19.1 Å². The van der Waals surface area contributed by atoms with Gasteiger partial charge >= 0.3 is 0 Å². The van der Waals surface area contributed by atoms with Crippen LogP contribution >= 0.6 is 0 Å². The Labute approximate surface area is 142 Å². The number of amides is 1. The fourth-order valence-electron chi connectivity index (χ4n) is 3.04. The first kappa shape index (κ1) is 16.8. The number of likely N-dealkylation sites (N-methyl/N-ethyl adjacent to an activating group) is 1. The van der Waals surface area contributed by atoms with Crippen LogP contribution < -0.4 is 9.47 Å². The molecule has 2 heterocycles. The summed E-state index contributed by atoms with van der Waals surface area (Å²) in [5, 5.41) is 0. The van der Waals surface area contributed by atoms with Crippen molar-refractivity contribution in [3.05, 3.63) is 23.8 Å². The van der Waals surface area contributed by atoms with Crippen molar-refractivity contribution >= 4 is 11.7 Å². The molecule has 1 aromatic carbocycles. The van der Waals surface area contributed by atoms with E-state index >= 15 is 0 Å². The zero-order valence-corrected chi connectivity index (χ0v) is 14.6. The number of nitrogens with zero attached hydrogens (tertiary/aromatic N) is 2. The molecule has 130 valence electrons. The number of hydrogen-bond donors (Lipinski definition) is 0. The van der Waals surface area contributed by atoms with Gasteiger partial charge in [-0.1, -0.05) is 0 Å². The molecule has 6 nitrogen and oxygen atoms in total. The minimum Gasteiger partial charge on any atom is -0.454 e. The molecular formula is C18H24N2O4. The number of fused-ring (bicyclic) bond motifs is 1. The smallest absolute Gasteiger partial charge is 0.231 e. The first-order valence-electron chi connectivity index (χ1n) is 8.33. The summed E-state index contributed by atoms with van der Waals surface area (Å²) in [7, 11) is 1.70. The van der Waals surface area contributed by atoms with Gasteiger partial charge in [0.25, 0.3) is 0 Å². The van der Waals surface area contributed by atoms with Crippen LogP contribution in [0.2, 0.25) is 0 Å². The maximum atomic E-state index is 12.7. The number of ketones is 1. The van der Waals surface area contributed by atoms with Crippen LogP contribution in [-0.2, 0) is 4.79 Å². The molecule has 6 heteroatoms. The van der Waals surface area contributed by atoms with Crippen molar-refractivity contribution in [2.75, 3.05) is 26.9 Å². The average Bonchev–Trinajstić information content (AvgIpc) is 2.98. The summed E-state index contributed by atoms with van der Waals surface area (Å²) >= 11 is 0. The lowest BCUT2D eigenvalue weighted by atomic mass is 9.95. The third-order valence-electron chi connectivity index (χ3n) is 4.95. The van der Waals surface area contributed by atoms with Crippen molar-refractivity contribution in [1.82, 2.24) is 9.80 Å². The van der Waals surface area contributed by atoms with Crippen LogP contribution in [0, 0.1) is 5.92 Å². The van der Waals surface area contributed by atoms with Crippen molar-refractivity contribution in [2.24, 2.45) is 5.92 Å². The van der Waals surface area contributed by atoms with Gasteiger partial charge in [-0.05, 0) is 39.0 Å². The van der Waals surface area contributed by atoms with Gasteiger partial charge in [-0.3, -0.25) is 14.5 Å².